The number of rotatable bonds is 3. The van der Waals surface area contributed by atoms with Gasteiger partial charge in [-0.2, -0.15) is 0 Å². The third-order valence-electron chi connectivity index (χ3n) is 3.62. The van der Waals surface area contributed by atoms with Gasteiger partial charge in [-0.05, 0) is 31.0 Å². The second-order valence-corrected chi connectivity index (χ2v) is 6.00. The minimum atomic E-state index is -0.476. The highest BCUT2D eigenvalue weighted by atomic mass is 35.5. The molecule has 6 heteroatoms. The number of amides is 1. The molecule has 2 unspecified atom stereocenters. The summed E-state index contributed by atoms with van der Waals surface area (Å²) in [5.74, 6) is -0.318. The van der Waals surface area contributed by atoms with Crippen LogP contribution in [0.4, 0.5) is 4.39 Å². The first-order valence-corrected chi connectivity index (χ1v) is 7.28. The second-order valence-electron chi connectivity index (χ2n) is 5.19. The molecular weight excluding hydrogens is 302 g/mol. The molecule has 2 rings (SSSR count). The van der Waals surface area contributed by atoms with Crippen LogP contribution in [-0.4, -0.2) is 30.4 Å². The number of carbonyl (C=O) groups excluding carboxylic acids is 1. The van der Waals surface area contributed by atoms with Crippen LogP contribution in [0.5, 0.6) is 0 Å². The van der Waals surface area contributed by atoms with Crippen LogP contribution in [0.1, 0.15) is 31.4 Å². The Balaban J connectivity index is 2.07. The molecule has 1 aromatic rings. The lowest BCUT2D eigenvalue weighted by atomic mass is 10.0. The van der Waals surface area contributed by atoms with Crippen LogP contribution >= 0.6 is 23.2 Å². The summed E-state index contributed by atoms with van der Waals surface area (Å²) >= 11 is 11.8. The number of likely N-dealkylation sites (N-methyl/N-ethyl adjacent to an activating group) is 1. The lowest BCUT2D eigenvalue weighted by molar-refractivity contribution is -0.132. The average Bonchev–Trinajstić information content (AvgIpc) is 2.38. The summed E-state index contributed by atoms with van der Waals surface area (Å²) in [4.78, 5) is 13.2. The summed E-state index contributed by atoms with van der Waals surface area (Å²) in [6.07, 6.45) is 1.31. The Hall–Kier alpha value is -0.840. The molecule has 0 saturated carbocycles. The van der Waals surface area contributed by atoms with Gasteiger partial charge in [0.15, 0.2) is 0 Å². The Bertz CT molecular complexity index is 524. The van der Waals surface area contributed by atoms with Gasteiger partial charge in [0.05, 0.1) is 5.02 Å². The maximum Gasteiger partial charge on any atom is 0.222 e. The van der Waals surface area contributed by atoms with Gasteiger partial charge >= 0.3 is 0 Å². The predicted octanol–water partition coefficient (Wildman–Crippen LogP) is 3.40. The van der Waals surface area contributed by atoms with E-state index in [0.29, 0.717) is 23.6 Å². The molecule has 1 aromatic carbocycles. The third-order valence-corrected chi connectivity index (χ3v) is 4.24. The predicted molar refractivity (Wildman–Crippen MR) is 78.6 cm³/mol. The molecule has 110 valence electrons. The van der Waals surface area contributed by atoms with Crippen LogP contribution in [0.25, 0.3) is 0 Å². The normalized spacial score (nSPS) is 21.1. The Morgan fingerprint density at radius 1 is 1.40 bits per heavy atom. The Kier molecular flexibility index (Phi) is 4.89. The van der Waals surface area contributed by atoms with E-state index in [4.69, 9.17) is 23.2 Å². The molecule has 2 atom stereocenters. The fraction of sp³-hybridized carbons (Fsp3) is 0.500. The molecule has 1 N–H and O–H groups in total. The zero-order chi connectivity index (χ0) is 14.9. The smallest absolute Gasteiger partial charge is 0.222 e. The lowest BCUT2D eigenvalue weighted by Gasteiger charge is -2.32. The fourth-order valence-corrected chi connectivity index (χ4v) is 3.01. The summed E-state index contributed by atoms with van der Waals surface area (Å²) in [5, 5.41) is 3.85. The van der Waals surface area contributed by atoms with Crippen molar-refractivity contribution in [3.05, 3.63) is 33.6 Å². The van der Waals surface area contributed by atoms with Crippen LogP contribution in [0.15, 0.2) is 12.1 Å². The SMILES string of the molecule is CC(NC1CCC(=O)N(C)C1)c1cc(F)c(Cl)cc1Cl. The molecule has 1 aliphatic heterocycles. The number of likely N-dealkylation sites (tertiary alicyclic amines) is 1. The second kappa shape index (κ2) is 6.29. The van der Waals surface area contributed by atoms with Crippen molar-refractivity contribution in [3.8, 4) is 0 Å². The minimum Gasteiger partial charge on any atom is -0.344 e. The Morgan fingerprint density at radius 3 is 2.75 bits per heavy atom. The number of nitrogens with zero attached hydrogens (tertiary/aromatic N) is 1. The third kappa shape index (κ3) is 3.43. The molecule has 20 heavy (non-hydrogen) atoms. The average molecular weight is 319 g/mol. The molecular formula is C14H17Cl2FN2O. The van der Waals surface area contributed by atoms with Crippen LogP contribution in [0.3, 0.4) is 0 Å². The molecule has 1 amide bonds. The molecule has 0 radical (unpaired) electrons. The van der Waals surface area contributed by atoms with Crippen molar-refractivity contribution in [3.63, 3.8) is 0 Å². The van der Waals surface area contributed by atoms with E-state index in [0.717, 1.165) is 6.42 Å². The number of carbonyl (C=O) groups is 1. The number of nitrogens with one attached hydrogen (secondary N) is 1. The van der Waals surface area contributed by atoms with E-state index < -0.39 is 5.82 Å². The van der Waals surface area contributed by atoms with Gasteiger partial charge in [0.25, 0.3) is 0 Å². The van der Waals surface area contributed by atoms with Crippen molar-refractivity contribution in [1.29, 1.82) is 0 Å². The van der Waals surface area contributed by atoms with Gasteiger partial charge in [-0.3, -0.25) is 4.79 Å². The first-order chi connectivity index (χ1) is 9.38. The molecule has 1 fully saturated rings. The van der Waals surface area contributed by atoms with Gasteiger partial charge in [-0.25, -0.2) is 4.39 Å². The van der Waals surface area contributed by atoms with E-state index >= 15 is 0 Å². The number of piperidine rings is 1. The number of halogens is 3. The topological polar surface area (TPSA) is 32.3 Å². The van der Waals surface area contributed by atoms with Crippen molar-refractivity contribution in [2.45, 2.75) is 31.8 Å². The van der Waals surface area contributed by atoms with Crippen LogP contribution in [-0.2, 0) is 4.79 Å². The fourth-order valence-electron chi connectivity index (χ4n) is 2.46. The Labute approximate surface area is 128 Å². The maximum atomic E-state index is 13.5. The first-order valence-electron chi connectivity index (χ1n) is 6.53. The van der Waals surface area contributed by atoms with E-state index in [1.807, 2.05) is 6.92 Å². The Morgan fingerprint density at radius 2 is 2.10 bits per heavy atom. The summed E-state index contributed by atoms with van der Waals surface area (Å²) in [6.45, 7) is 2.57. The van der Waals surface area contributed by atoms with Crippen LogP contribution in [0, 0.1) is 5.82 Å². The number of benzene rings is 1. The molecule has 0 aromatic heterocycles. The van der Waals surface area contributed by atoms with E-state index in [-0.39, 0.29) is 23.0 Å². The zero-order valence-corrected chi connectivity index (χ0v) is 12.9. The van der Waals surface area contributed by atoms with E-state index in [1.54, 1.807) is 11.9 Å². The molecule has 0 aliphatic carbocycles. The summed E-state index contributed by atoms with van der Waals surface area (Å²) in [6, 6.07) is 2.85. The monoisotopic (exact) mass is 318 g/mol. The maximum absolute atomic E-state index is 13.5. The van der Waals surface area contributed by atoms with Gasteiger partial charge in [-0.15, -0.1) is 0 Å². The van der Waals surface area contributed by atoms with Crippen molar-refractivity contribution in [1.82, 2.24) is 10.2 Å². The quantitative estimate of drug-likeness (QED) is 0.866. The largest absolute Gasteiger partial charge is 0.344 e. The molecule has 1 heterocycles. The van der Waals surface area contributed by atoms with Gasteiger partial charge in [0, 0.05) is 37.1 Å². The lowest BCUT2D eigenvalue weighted by Crippen LogP contribution is -2.47. The van der Waals surface area contributed by atoms with E-state index in [9.17, 15) is 9.18 Å². The number of hydrogen-bond donors (Lipinski definition) is 1. The minimum absolute atomic E-state index is 0.0222. The van der Waals surface area contributed by atoms with Crippen molar-refractivity contribution in [2.75, 3.05) is 13.6 Å². The van der Waals surface area contributed by atoms with Gasteiger partial charge in [-0.1, -0.05) is 23.2 Å². The van der Waals surface area contributed by atoms with Crippen LogP contribution in [0.2, 0.25) is 10.0 Å². The summed E-state index contributed by atoms with van der Waals surface area (Å²) < 4.78 is 13.5. The molecule has 1 aliphatic rings. The van der Waals surface area contributed by atoms with E-state index in [1.165, 1.54) is 12.1 Å². The van der Waals surface area contributed by atoms with Crippen molar-refractivity contribution in [2.24, 2.45) is 0 Å². The van der Waals surface area contributed by atoms with Gasteiger partial charge in [0.2, 0.25) is 5.91 Å². The molecule has 3 nitrogen and oxygen atoms in total. The standard InChI is InChI=1S/C14H17Cl2FN2O/c1-8(10-5-13(17)12(16)6-11(10)15)18-9-3-4-14(20)19(2)7-9/h5-6,8-9,18H,3-4,7H2,1-2H3. The van der Waals surface area contributed by atoms with E-state index in [2.05, 4.69) is 5.32 Å². The summed E-state index contributed by atoms with van der Waals surface area (Å²) in [7, 11) is 1.79. The molecule has 0 bridgehead atoms. The van der Waals surface area contributed by atoms with Crippen molar-refractivity contribution >= 4 is 29.1 Å². The highest BCUT2D eigenvalue weighted by molar-refractivity contribution is 6.35. The van der Waals surface area contributed by atoms with Gasteiger partial charge < -0.3 is 10.2 Å². The summed E-state index contributed by atoms with van der Waals surface area (Å²) in [5.41, 5.74) is 0.674. The zero-order valence-electron chi connectivity index (χ0n) is 11.4. The van der Waals surface area contributed by atoms with Gasteiger partial charge in [0.1, 0.15) is 5.82 Å². The molecule has 0 spiro atoms. The first kappa shape index (κ1) is 15.5. The van der Waals surface area contributed by atoms with Crippen molar-refractivity contribution < 1.29 is 9.18 Å². The molecule has 1 saturated heterocycles. The highest BCUT2D eigenvalue weighted by Gasteiger charge is 2.24. The highest BCUT2D eigenvalue weighted by Crippen LogP contribution is 2.29. The van der Waals surface area contributed by atoms with Crippen LogP contribution < -0.4 is 5.32 Å². The number of hydrogen-bond acceptors (Lipinski definition) is 2.